The average Bonchev–Trinajstić information content (AvgIpc) is 2.54. The Morgan fingerprint density at radius 3 is 2.94 bits per heavy atom. The molecule has 1 N–H and O–H groups in total. The van der Waals surface area contributed by atoms with Gasteiger partial charge in [0.05, 0.1) is 0 Å². The van der Waals surface area contributed by atoms with Crippen LogP contribution in [0.4, 0.5) is 0 Å². The van der Waals surface area contributed by atoms with Crippen molar-refractivity contribution in [2.45, 2.75) is 38.3 Å². The van der Waals surface area contributed by atoms with Crippen LogP contribution >= 0.6 is 15.9 Å². The quantitative estimate of drug-likeness (QED) is 0.918. The van der Waals surface area contributed by atoms with Crippen molar-refractivity contribution in [1.82, 2.24) is 10.2 Å². The van der Waals surface area contributed by atoms with E-state index in [1.807, 2.05) is 0 Å². The molecule has 0 aliphatic carbocycles. The normalized spacial score (nSPS) is 23.6. The zero-order valence-electron chi connectivity index (χ0n) is 11.3. The Hall–Kier alpha value is -0.380. The largest absolute Gasteiger partial charge is 0.307 e. The van der Waals surface area contributed by atoms with Gasteiger partial charge in [0, 0.05) is 16.6 Å². The maximum atomic E-state index is 3.78. The monoisotopic (exact) mass is 310 g/mol. The Kier molecular flexibility index (Phi) is 5.22. The van der Waals surface area contributed by atoms with Gasteiger partial charge in [-0.2, -0.15) is 0 Å². The van der Waals surface area contributed by atoms with Gasteiger partial charge in [-0.1, -0.05) is 28.1 Å². The van der Waals surface area contributed by atoms with Crippen molar-refractivity contribution < 1.29 is 0 Å². The minimum absolute atomic E-state index is 0.427. The molecule has 0 amide bonds. The molecule has 0 radical (unpaired) electrons. The van der Waals surface area contributed by atoms with Gasteiger partial charge in [0.1, 0.15) is 0 Å². The maximum absolute atomic E-state index is 3.78. The summed E-state index contributed by atoms with van der Waals surface area (Å²) in [6, 6.07) is 9.68. The Labute approximate surface area is 119 Å². The van der Waals surface area contributed by atoms with Crippen LogP contribution < -0.4 is 5.32 Å². The molecule has 100 valence electrons. The molecule has 1 aromatic rings. The van der Waals surface area contributed by atoms with Crippen LogP contribution in [0.3, 0.4) is 0 Å². The second-order valence-electron chi connectivity index (χ2n) is 5.37. The van der Waals surface area contributed by atoms with Crippen molar-refractivity contribution in [2.24, 2.45) is 0 Å². The van der Waals surface area contributed by atoms with Gasteiger partial charge in [0.25, 0.3) is 0 Å². The van der Waals surface area contributed by atoms with Crippen molar-refractivity contribution in [3.63, 3.8) is 0 Å². The molecule has 0 spiro atoms. The van der Waals surface area contributed by atoms with Crippen LogP contribution in [0.15, 0.2) is 28.7 Å². The highest BCUT2D eigenvalue weighted by molar-refractivity contribution is 9.10. The Balaban J connectivity index is 1.92. The Morgan fingerprint density at radius 2 is 2.17 bits per heavy atom. The molecule has 2 nitrogen and oxygen atoms in total. The number of rotatable bonds is 3. The van der Waals surface area contributed by atoms with Crippen LogP contribution in [0, 0.1) is 0 Å². The van der Waals surface area contributed by atoms with Crippen molar-refractivity contribution in [1.29, 1.82) is 0 Å². The standard InChI is InChI=1S/C15H23BrN2/c1-12(13-5-3-6-14(16)11-13)17-15-7-4-9-18(2)10-8-15/h3,5-6,11-12,15,17H,4,7-10H2,1-2H3/t12-,15?/m0/s1. The van der Waals surface area contributed by atoms with Crippen LogP contribution in [0.1, 0.15) is 37.8 Å². The number of hydrogen-bond acceptors (Lipinski definition) is 2. The molecule has 1 fully saturated rings. The molecular weight excluding hydrogens is 288 g/mol. The van der Waals surface area contributed by atoms with E-state index in [1.54, 1.807) is 0 Å². The summed E-state index contributed by atoms with van der Waals surface area (Å²) in [6.45, 7) is 4.71. The smallest absolute Gasteiger partial charge is 0.0294 e. The summed E-state index contributed by atoms with van der Waals surface area (Å²) in [6.07, 6.45) is 3.86. The summed E-state index contributed by atoms with van der Waals surface area (Å²) >= 11 is 3.54. The highest BCUT2D eigenvalue weighted by Gasteiger charge is 2.17. The molecule has 0 saturated carbocycles. The summed E-state index contributed by atoms with van der Waals surface area (Å²) in [7, 11) is 2.22. The van der Waals surface area contributed by atoms with Crippen molar-refractivity contribution >= 4 is 15.9 Å². The SMILES string of the molecule is C[C@H](NC1CCCN(C)CC1)c1cccc(Br)c1. The third-order valence-corrected chi connectivity index (χ3v) is 4.28. The summed E-state index contributed by atoms with van der Waals surface area (Å²) < 4.78 is 1.16. The molecule has 1 saturated heterocycles. The fraction of sp³-hybridized carbons (Fsp3) is 0.600. The molecule has 1 aromatic carbocycles. The minimum atomic E-state index is 0.427. The summed E-state index contributed by atoms with van der Waals surface area (Å²) in [4.78, 5) is 2.44. The van der Waals surface area contributed by atoms with Gasteiger partial charge in [0.15, 0.2) is 0 Å². The number of nitrogens with zero attached hydrogens (tertiary/aromatic N) is 1. The van der Waals surface area contributed by atoms with E-state index in [0.717, 1.165) is 4.47 Å². The van der Waals surface area contributed by atoms with Crippen LogP contribution in [-0.2, 0) is 0 Å². The first-order chi connectivity index (χ1) is 8.65. The molecule has 1 aliphatic heterocycles. The third-order valence-electron chi connectivity index (χ3n) is 3.79. The zero-order chi connectivity index (χ0) is 13.0. The second kappa shape index (κ2) is 6.69. The van der Waals surface area contributed by atoms with Gasteiger partial charge in [0.2, 0.25) is 0 Å². The highest BCUT2D eigenvalue weighted by atomic mass is 79.9. The molecule has 2 atom stereocenters. The Morgan fingerprint density at radius 1 is 1.33 bits per heavy atom. The van der Waals surface area contributed by atoms with Gasteiger partial charge in [-0.3, -0.25) is 0 Å². The third kappa shape index (κ3) is 4.08. The topological polar surface area (TPSA) is 15.3 Å². The Bertz CT molecular complexity index is 381. The van der Waals surface area contributed by atoms with E-state index in [4.69, 9.17) is 0 Å². The molecule has 2 rings (SSSR count). The first-order valence-electron chi connectivity index (χ1n) is 6.85. The predicted molar refractivity (Wildman–Crippen MR) is 80.8 cm³/mol. The van der Waals surface area contributed by atoms with Gasteiger partial charge in [-0.05, 0) is 64.0 Å². The molecule has 1 aliphatic rings. The average molecular weight is 311 g/mol. The number of nitrogens with one attached hydrogen (secondary N) is 1. The lowest BCUT2D eigenvalue weighted by atomic mass is 10.0. The lowest BCUT2D eigenvalue weighted by Crippen LogP contribution is -2.32. The van der Waals surface area contributed by atoms with E-state index in [9.17, 15) is 0 Å². The van der Waals surface area contributed by atoms with Gasteiger partial charge in [-0.25, -0.2) is 0 Å². The number of likely N-dealkylation sites (tertiary alicyclic amines) is 1. The fourth-order valence-electron chi connectivity index (χ4n) is 2.63. The summed E-state index contributed by atoms with van der Waals surface area (Å²) in [5.74, 6) is 0. The van der Waals surface area contributed by atoms with E-state index >= 15 is 0 Å². The van der Waals surface area contributed by atoms with E-state index < -0.39 is 0 Å². The maximum Gasteiger partial charge on any atom is 0.0294 e. The van der Waals surface area contributed by atoms with Gasteiger partial charge >= 0.3 is 0 Å². The molecule has 0 bridgehead atoms. The van der Waals surface area contributed by atoms with Crippen LogP contribution in [0.25, 0.3) is 0 Å². The van der Waals surface area contributed by atoms with Crippen molar-refractivity contribution in [2.75, 3.05) is 20.1 Å². The molecule has 18 heavy (non-hydrogen) atoms. The predicted octanol–water partition coefficient (Wildman–Crippen LogP) is 3.58. The molecular formula is C15H23BrN2. The first-order valence-corrected chi connectivity index (χ1v) is 7.64. The van der Waals surface area contributed by atoms with Crippen molar-refractivity contribution in [3.05, 3.63) is 34.3 Å². The molecule has 3 heteroatoms. The number of benzene rings is 1. The first kappa shape index (κ1) is 14.0. The number of halogens is 1. The summed E-state index contributed by atoms with van der Waals surface area (Å²) in [5, 5.41) is 3.78. The van der Waals surface area contributed by atoms with Gasteiger partial charge in [-0.15, -0.1) is 0 Å². The van der Waals surface area contributed by atoms with Crippen molar-refractivity contribution in [3.8, 4) is 0 Å². The highest BCUT2D eigenvalue weighted by Crippen LogP contribution is 2.20. The van der Waals surface area contributed by atoms with Crippen LogP contribution in [0.5, 0.6) is 0 Å². The molecule has 1 heterocycles. The van der Waals surface area contributed by atoms with Gasteiger partial charge < -0.3 is 10.2 Å². The van der Waals surface area contributed by atoms with Crippen LogP contribution in [-0.4, -0.2) is 31.1 Å². The van der Waals surface area contributed by atoms with E-state index in [2.05, 4.69) is 64.4 Å². The lowest BCUT2D eigenvalue weighted by molar-refractivity contribution is 0.340. The fourth-order valence-corrected chi connectivity index (χ4v) is 3.05. The minimum Gasteiger partial charge on any atom is -0.307 e. The lowest BCUT2D eigenvalue weighted by Gasteiger charge is -2.22. The zero-order valence-corrected chi connectivity index (χ0v) is 12.9. The van der Waals surface area contributed by atoms with E-state index in [-0.39, 0.29) is 0 Å². The molecule has 1 unspecified atom stereocenters. The van der Waals surface area contributed by atoms with E-state index in [0.29, 0.717) is 12.1 Å². The molecule has 0 aromatic heterocycles. The van der Waals surface area contributed by atoms with Crippen LogP contribution in [0.2, 0.25) is 0 Å². The second-order valence-corrected chi connectivity index (χ2v) is 6.29. The summed E-state index contributed by atoms with van der Waals surface area (Å²) in [5.41, 5.74) is 1.36. The van der Waals surface area contributed by atoms with E-state index in [1.165, 1.54) is 37.9 Å². The number of hydrogen-bond donors (Lipinski definition) is 1.